The minimum absolute atomic E-state index is 0.253. The number of hydrogen-bond donors (Lipinski definition) is 1. The van der Waals surface area contributed by atoms with Crippen LogP contribution in [-0.4, -0.2) is 17.0 Å². The first-order valence-electron chi connectivity index (χ1n) is 4.82. The van der Waals surface area contributed by atoms with Gasteiger partial charge in [-0.1, -0.05) is 20.3 Å². The van der Waals surface area contributed by atoms with Gasteiger partial charge in [0.15, 0.2) is 0 Å². The highest BCUT2D eigenvalue weighted by molar-refractivity contribution is 5.85. The summed E-state index contributed by atoms with van der Waals surface area (Å²) < 4.78 is 0. The molecule has 0 aromatic heterocycles. The predicted molar refractivity (Wildman–Crippen MR) is 47.9 cm³/mol. The maximum atomic E-state index is 11.6. The summed E-state index contributed by atoms with van der Waals surface area (Å²) in [7, 11) is 0. The highest BCUT2D eigenvalue weighted by Gasteiger charge is 2.41. The number of hydrogen-bond acceptors (Lipinski definition) is 2. The summed E-state index contributed by atoms with van der Waals surface area (Å²) in [6.45, 7) is 3.96. The van der Waals surface area contributed by atoms with Gasteiger partial charge in [0, 0.05) is 6.42 Å². The first-order chi connectivity index (χ1) is 5.61. The van der Waals surface area contributed by atoms with Crippen molar-refractivity contribution in [3.05, 3.63) is 0 Å². The van der Waals surface area contributed by atoms with Crippen molar-refractivity contribution >= 4 is 5.78 Å². The van der Waals surface area contributed by atoms with E-state index in [2.05, 4.69) is 6.92 Å². The lowest BCUT2D eigenvalue weighted by molar-refractivity contribution is -0.139. The van der Waals surface area contributed by atoms with E-state index in [1.165, 1.54) is 0 Å². The maximum Gasteiger partial charge on any atom is 0.141 e. The molecule has 0 aromatic carbocycles. The molecule has 12 heavy (non-hydrogen) atoms. The van der Waals surface area contributed by atoms with E-state index in [4.69, 9.17) is 0 Å². The molecule has 1 saturated carbocycles. The Morgan fingerprint density at radius 3 is 2.83 bits per heavy atom. The Morgan fingerprint density at radius 2 is 2.33 bits per heavy atom. The average molecular weight is 170 g/mol. The molecule has 2 heteroatoms. The molecule has 0 spiro atoms. The van der Waals surface area contributed by atoms with Crippen molar-refractivity contribution in [1.82, 2.24) is 0 Å². The van der Waals surface area contributed by atoms with Gasteiger partial charge in [-0.3, -0.25) is 4.79 Å². The largest absolute Gasteiger partial charge is 0.392 e. The number of carbonyl (C=O) groups is 1. The van der Waals surface area contributed by atoms with Crippen molar-refractivity contribution < 1.29 is 9.90 Å². The summed E-state index contributed by atoms with van der Waals surface area (Å²) in [5.74, 6) is 0.253. The lowest BCUT2D eigenvalue weighted by atomic mass is 9.70. The van der Waals surface area contributed by atoms with Crippen LogP contribution in [0.25, 0.3) is 0 Å². The predicted octanol–water partition coefficient (Wildman–Crippen LogP) is 1.91. The van der Waals surface area contributed by atoms with E-state index in [1.54, 1.807) is 0 Å². The fourth-order valence-corrected chi connectivity index (χ4v) is 2.07. The second kappa shape index (κ2) is 3.56. The van der Waals surface area contributed by atoms with E-state index in [-0.39, 0.29) is 5.78 Å². The van der Waals surface area contributed by atoms with Gasteiger partial charge >= 0.3 is 0 Å². The van der Waals surface area contributed by atoms with Crippen LogP contribution in [0.4, 0.5) is 0 Å². The SMILES string of the molecule is CCC[C@]1(C)C(=O)CCC[C@@H]1O. The molecule has 1 rings (SSSR count). The summed E-state index contributed by atoms with van der Waals surface area (Å²) in [5, 5.41) is 9.71. The number of aliphatic hydroxyl groups is 1. The monoisotopic (exact) mass is 170 g/mol. The average Bonchev–Trinajstić information content (AvgIpc) is 2.02. The normalized spacial score (nSPS) is 36.9. The molecule has 70 valence electrons. The molecule has 0 radical (unpaired) electrons. The molecule has 1 fully saturated rings. The molecule has 1 N–H and O–H groups in total. The van der Waals surface area contributed by atoms with Gasteiger partial charge in [-0.2, -0.15) is 0 Å². The molecular weight excluding hydrogens is 152 g/mol. The van der Waals surface area contributed by atoms with E-state index in [0.29, 0.717) is 6.42 Å². The molecule has 2 atom stereocenters. The number of carbonyl (C=O) groups excluding carboxylic acids is 1. The van der Waals surface area contributed by atoms with Gasteiger partial charge in [-0.15, -0.1) is 0 Å². The third-order valence-corrected chi connectivity index (χ3v) is 3.02. The molecule has 0 bridgehead atoms. The standard InChI is InChI=1S/C10H18O2/c1-3-7-10(2)8(11)5-4-6-9(10)12/h8,11H,3-7H2,1-2H3/t8-,10-/m0/s1. The van der Waals surface area contributed by atoms with Gasteiger partial charge in [-0.25, -0.2) is 0 Å². The topological polar surface area (TPSA) is 37.3 Å². The first-order valence-corrected chi connectivity index (χ1v) is 4.82. The van der Waals surface area contributed by atoms with E-state index >= 15 is 0 Å². The lowest BCUT2D eigenvalue weighted by Gasteiger charge is -2.36. The minimum Gasteiger partial charge on any atom is -0.392 e. The van der Waals surface area contributed by atoms with E-state index < -0.39 is 11.5 Å². The zero-order valence-electron chi connectivity index (χ0n) is 7.97. The van der Waals surface area contributed by atoms with Crippen LogP contribution in [0.15, 0.2) is 0 Å². The van der Waals surface area contributed by atoms with E-state index in [1.807, 2.05) is 6.92 Å². The van der Waals surface area contributed by atoms with Gasteiger partial charge < -0.3 is 5.11 Å². The fourth-order valence-electron chi connectivity index (χ4n) is 2.07. The Bertz CT molecular complexity index is 177. The third-order valence-electron chi connectivity index (χ3n) is 3.02. The van der Waals surface area contributed by atoms with Crippen LogP contribution < -0.4 is 0 Å². The van der Waals surface area contributed by atoms with Crippen molar-refractivity contribution in [2.24, 2.45) is 5.41 Å². The Kier molecular flexibility index (Phi) is 2.89. The second-order valence-electron chi connectivity index (χ2n) is 4.00. The van der Waals surface area contributed by atoms with Crippen molar-refractivity contribution in [2.45, 2.75) is 52.1 Å². The minimum atomic E-state index is -0.437. The van der Waals surface area contributed by atoms with Crippen LogP contribution in [-0.2, 0) is 4.79 Å². The molecule has 0 unspecified atom stereocenters. The summed E-state index contributed by atoms with van der Waals surface area (Å²) >= 11 is 0. The van der Waals surface area contributed by atoms with Gasteiger partial charge in [0.05, 0.1) is 11.5 Å². The Balaban J connectivity index is 2.73. The fraction of sp³-hybridized carbons (Fsp3) is 0.900. The van der Waals surface area contributed by atoms with Crippen LogP contribution in [0.1, 0.15) is 46.0 Å². The summed E-state index contributed by atoms with van der Waals surface area (Å²) in [5.41, 5.74) is -0.437. The molecule has 0 aromatic rings. The first kappa shape index (κ1) is 9.72. The highest BCUT2D eigenvalue weighted by atomic mass is 16.3. The highest BCUT2D eigenvalue weighted by Crippen LogP contribution is 2.36. The van der Waals surface area contributed by atoms with Crippen molar-refractivity contribution in [3.63, 3.8) is 0 Å². The van der Waals surface area contributed by atoms with Gasteiger partial charge in [0.1, 0.15) is 5.78 Å². The van der Waals surface area contributed by atoms with Crippen molar-refractivity contribution in [3.8, 4) is 0 Å². The van der Waals surface area contributed by atoms with Crippen LogP contribution in [0.3, 0.4) is 0 Å². The smallest absolute Gasteiger partial charge is 0.141 e. The Morgan fingerprint density at radius 1 is 1.67 bits per heavy atom. The molecule has 0 aliphatic heterocycles. The Hall–Kier alpha value is -0.370. The molecule has 0 heterocycles. The van der Waals surface area contributed by atoms with E-state index in [9.17, 15) is 9.90 Å². The van der Waals surface area contributed by atoms with E-state index in [0.717, 1.165) is 25.7 Å². The lowest BCUT2D eigenvalue weighted by Crippen LogP contribution is -2.43. The number of ketones is 1. The van der Waals surface area contributed by atoms with Gasteiger partial charge in [0.25, 0.3) is 0 Å². The molecule has 2 nitrogen and oxygen atoms in total. The zero-order valence-corrected chi connectivity index (χ0v) is 7.97. The summed E-state index contributed by atoms with van der Waals surface area (Å²) in [6.07, 6.45) is 3.71. The molecular formula is C10H18O2. The molecule has 1 aliphatic rings. The second-order valence-corrected chi connectivity index (χ2v) is 4.00. The molecule has 0 amide bonds. The quantitative estimate of drug-likeness (QED) is 0.687. The Labute approximate surface area is 74.0 Å². The van der Waals surface area contributed by atoms with Crippen molar-refractivity contribution in [1.29, 1.82) is 0 Å². The third kappa shape index (κ3) is 1.53. The summed E-state index contributed by atoms with van der Waals surface area (Å²) in [6, 6.07) is 0. The molecule has 0 saturated heterocycles. The van der Waals surface area contributed by atoms with Gasteiger partial charge in [-0.05, 0) is 19.3 Å². The van der Waals surface area contributed by atoms with Gasteiger partial charge in [0.2, 0.25) is 0 Å². The van der Waals surface area contributed by atoms with Crippen LogP contribution in [0.2, 0.25) is 0 Å². The number of rotatable bonds is 2. The van der Waals surface area contributed by atoms with Crippen molar-refractivity contribution in [2.75, 3.05) is 0 Å². The molecule has 1 aliphatic carbocycles. The summed E-state index contributed by atoms with van der Waals surface area (Å²) in [4.78, 5) is 11.6. The number of aliphatic hydroxyl groups excluding tert-OH is 1. The maximum absolute atomic E-state index is 11.6. The zero-order chi connectivity index (χ0) is 9.19. The van der Waals surface area contributed by atoms with Crippen LogP contribution >= 0.6 is 0 Å². The van der Waals surface area contributed by atoms with Crippen LogP contribution in [0.5, 0.6) is 0 Å². The van der Waals surface area contributed by atoms with Crippen LogP contribution in [0, 0.1) is 5.41 Å². The number of Topliss-reactive ketones (excluding diaryl/α,β-unsaturated/α-hetero) is 1.